The zero-order valence-corrected chi connectivity index (χ0v) is 10.9. The number of halogens is 1. The first kappa shape index (κ1) is 13.8. The molecule has 2 rings (SSSR count). The van der Waals surface area contributed by atoms with Gasteiger partial charge in [0.15, 0.2) is 0 Å². The zero-order chi connectivity index (χ0) is 14.0. The molecule has 1 fully saturated rings. The van der Waals surface area contributed by atoms with Gasteiger partial charge in [-0.1, -0.05) is 12.1 Å². The lowest BCUT2D eigenvalue weighted by molar-refractivity contribution is -0.139. The second-order valence-corrected chi connectivity index (χ2v) is 4.88. The van der Waals surface area contributed by atoms with Crippen LogP contribution in [-0.4, -0.2) is 29.2 Å². The molecule has 3 atom stereocenters. The van der Waals surface area contributed by atoms with Crippen molar-refractivity contribution in [3.05, 3.63) is 30.1 Å². The van der Waals surface area contributed by atoms with Crippen LogP contribution in [0.25, 0.3) is 0 Å². The van der Waals surface area contributed by atoms with E-state index in [4.69, 9.17) is 0 Å². The number of carboxylic acids is 1. The third-order valence-corrected chi connectivity index (χ3v) is 3.53. The van der Waals surface area contributed by atoms with E-state index in [0.29, 0.717) is 0 Å². The smallest absolute Gasteiger partial charge is 0.326 e. The summed E-state index contributed by atoms with van der Waals surface area (Å²) in [5.74, 6) is -1.62. The van der Waals surface area contributed by atoms with E-state index in [-0.39, 0.29) is 23.7 Å². The molecule has 0 aromatic heterocycles. The maximum absolute atomic E-state index is 13.6. The quantitative estimate of drug-likeness (QED) is 0.659. The molecule has 1 saturated heterocycles. The topological polar surface area (TPSA) is 73.4 Å². The molecule has 4 N–H and O–H groups in total. The summed E-state index contributed by atoms with van der Waals surface area (Å²) < 4.78 is 13.6. The van der Waals surface area contributed by atoms with E-state index in [2.05, 4.69) is 16.2 Å². The first-order valence-corrected chi connectivity index (χ1v) is 6.25. The number of hydrogen-bond acceptors (Lipinski definition) is 4. The predicted molar refractivity (Wildman–Crippen MR) is 70.1 cm³/mol. The van der Waals surface area contributed by atoms with Gasteiger partial charge < -0.3 is 10.4 Å². The average Bonchev–Trinajstić information content (AvgIpc) is 2.68. The van der Waals surface area contributed by atoms with Crippen LogP contribution in [0.4, 0.5) is 10.1 Å². The van der Waals surface area contributed by atoms with Crippen LogP contribution in [0.3, 0.4) is 0 Å². The van der Waals surface area contributed by atoms with Crippen molar-refractivity contribution < 1.29 is 14.3 Å². The van der Waals surface area contributed by atoms with Crippen LogP contribution in [0, 0.1) is 11.7 Å². The molecular formula is C13H18FN3O2. The third-order valence-electron chi connectivity index (χ3n) is 3.53. The van der Waals surface area contributed by atoms with Crippen LogP contribution in [0.15, 0.2) is 24.3 Å². The Hall–Kier alpha value is -1.66. The van der Waals surface area contributed by atoms with Crippen LogP contribution < -0.4 is 16.2 Å². The number of aliphatic carboxylic acids is 1. The summed E-state index contributed by atoms with van der Waals surface area (Å²) in [4.78, 5) is 11.5. The van der Waals surface area contributed by atoms with Gasteiger partial charge in [-0.15, -0.1) is 0 Å². The van der Waals surface area contributed by atoms with Crippen molar-refractivity contribution in [1.82, 2.24) is 10.9 Å². The molecule has 0 spiro atoms. The largest absolute Gasteiger partial charge is 0.480 e. The zero-order valence-electron chi connectivity index (χ0n) is 10.9. The molecule has 1 aliphatic heterocycles. The molecule has 0 radical (unpaired) electrons. The normalized spacial score (nSPS) is 28.1. The first-order chi connectivity index (χ1) is 9.00. The number of rotatable bonds is 4. The van der Waals surface area contributed by atoms with Crippen molar-refractivity contribution in [2.75, 3.05) is 5.32 Å². The summed E-state index contributed by atoms with van der Waals surface area (Å²) in [5, 5.41) is 12.2. The lowest BCUT2D eigenvalue weighted by Crippen LogP contribution is -2.45. The van der Waals surface area contributed by atoms with Gasteiger partial charge in [-0.05, 0) is 26.0 Å². The minimum Gasteiger partial charge on any atom is -0.480 e. The maximum atomic E-state index is 13.6. The number of benzene rings is 1. The Labute approximate surface area is 111 Å². The molecule has 6 heteroatoms. The van der Waals surface area contributed by atoms with E-state index in [0.717, 1.165) is 0 Å². The van der Waals surface area contributed by atoms with Gasteiger partial charge >= 0.3 is 5.97 Å². The maximum Gasteiger partial charge on any atom is 0.326 e. The number of hydrogen-bond donors (Lipinski definition) is 4. The molecule has 0 bridgehead atoms. The number of nitrogens with one attached hydrogen (secondary N) is 3. The van der Waals surface area contributed by atoms with Gasteiger partial charge in [0.2, 0.25) is 0 Å². The standard InChI is InChI=1S/C13H18FN3O2/c1-7-11(8(2)17-16-7)12(13(18)19)15-10-6-4-3-5-9(10)14/h3-8,11-12,15-17H,1-2H3,(H,18,19). The Kier molecular flexibility index (Phi) is 4.01. The van der Waals surface area contributed by atoms with Crippen molar-refractivity contribution in [3.63, 3.8) is 0 Å². The van der Waals surface area contributed by atoms with E-state index in [1.807, 2.05) is 13.8 Å². The minimum atomic E-state index is -0.988. The highest BCUT2D eigenvalue weighted by molar-refractivity contribution is 5.78. The number of para-hydroxylation sites is 1. The molecule has 0 amide bonds. The number of carbonyl (C=O) groups is 1. The van der Waals surface area contributed by atoms with E-state index < -0.39 is 17.8 Å². The molecule has 1 aliphatic rings. The lowest BCUT2D eigenvalue weighted by Gasteiger charge is -2.27. The molecule has 104 valence electrons. The fourth-order valence-electron chi connectivity index (χ4n) is 2.53. The van der Waals surface area contributed by atoms with E-state index in [1.165, 1.54) is 12.1 Å². The molecule has 0 aliphatic carbocycles. The number of hydrazine groups is 1. The molecule has 3 unspecified atom stereocenters. The summed E-state index contributed by atoms with van der Waals surface area (Å²) in [6, 6.07) is 5.19. The summed E-state index contributed by atoms with van der Waals surface area (Å²) in [6.07, 6.45) is 0. The fraction of sp³-hybridized carbons (Fsp3) is 0.462. The minimum absolute atomic E-state index is 0.0182. The van der Waals surface area contributed by atoms with Crippen LogP contribution >= 0.6 is 0 Å². The van der Waals surface area contributed by atoms with E-state index in [1.54, 1.807) is 12.1 Å². The number of carboxylic acid groups (broad SMARTS) is 1. The molecule has 0 saturated carbocycles. The van der Waals surface area contributed by atoms with Crippen LogP contribution in [0.1, 0.15) is 13.8 Å². The Bertz CT molecular complexity index is 459. The highest BCUT2D eigenvalue weighted by atomic mass is 19.1. The van der Waals surface area contributed by atoms with Crippen molar-refractivity contribution in [1.29, 1.82) is 0 Å². The molecule has 5 nitrogen and oxygen atoms in total. The van der Waals surface area contributed by atoms with Crippen LogP contribution in [-0.2, 0) is 4.79 Å². The fourth-order valence-corrected chi connectivity index (χ4v) is 2.53. The molecule has 1 aromatic rings. The van der Waals surface area contributed by atoms with Gasteiger partial charge in [0.1, 0.15) is 11.9 Å². The molecule has 19 heavy (non-hydrogen) atoms. The second-order valence-electron chi connectivity index (χ2n) is 4.88. The molecule has 1 heterocycles. The van der Waals surface area contributed by atoms with Gasteiger partial charge in [-0.2, -0.15) is 0 Å². The Morgan fingerprint density at radius 2 is 1.89 bits per heavy atom. The average molecular weight is 267 g/mol. The number of anilines is 1. The Balaban J connectivity index is 2.22. The van der Waals surface area contributed by atoms with Crippen molar-refractivity contribution in [3.8, 4) is 0 Å². The van der Waals surface area contributed by atoms with Crippen molar-refractivity contribution in [2.45, 2.75) is 32.0 Å². The highest BCUT2D eigenvalue weighted by Crippen LogP contribution is 2.23. The SMILES string of the molecule is CC1NNC(C)C1C(Nc1ccccc1F)C(=O)O. The molecule has 1 aromatic carbocycles. The van der Waals surface area contributed by atoms with E-state index in [9.17, 15) is 14.3 Å². The second kappa shape index (κ2) is 5.54. The highest BCUT2D eigenvalue weighted by Gasteiger charge is 2.40. The molecular weight excluding hydrogens is 249 g/mol. The van der Waals surface area contributed by atoms with E-state index >= 15 is 0 Å². The van der Waals surface area contributed by atoms with Gasteiger partial charge in [-0.3, -0.25) is 10.9 Å². The van der Waals surface area contributed by atoms with Gasteiger partial charge in [-0.25, -0.2) is 9.18 Å². The van der Waals surface area contributed by atoms with Crippen LogP contribution in [0.2, 0.25) is 0 Å². The first-order valence-electron chi connectivity index (χ1n) is 6.25. The van der Waals surface area contributed by atoms with Crippen molar-refractivity contribution >= 4 is 11.7 Å². The van der Waals surface area contributed by atoms with Crippen LogP contribution in [0.5, 0.6) is 0 Å². The van der Waals surface area contributed by atoms with Gasteiger partial charge in [0, 0.05) is 18.0 Å². The summed E-state index contributed by atoms with van der Waals surface area (Å²) in [5.41, 5.74) is 6.23. The third kappa shape index (κ3) is 2.85. The van der Waals surface area contributed by atoms with Crippen molar-refractivity contribution in [2.24, 2.45) is 5.92 Å². The van der Waals surface area contributed by atoms with Gasteiger partial charge in [0.05, 0.1) is 5.69 Å². The monoisotopic (exact) mass is 267 g/mol. The Morgan fingerprint density at radius 1 is 1.32 bits per heavy atom. The lowest BCUT2D eigenvalue weighted by atomic mass is 9.88. The predicted octanol–water partition coefficient (Wildman–Crippen LogP) is 1.19. The van der Waals surface area contributed by atoms with Gasteiger partial charge in [0.25, 0.3) is 0 Å². The summed E-state index contributed by atoms with van der Waals surface area (Å²) in [7, 11) is 0. The summed E-state index contributed by atoms with van der Waals surface area (Å²) in [6.45, 7) is 3.81. The Morgan fingerprint density at radius 3 is 2.42 bits per heavy atom. The summed E-state index contributed by atoms with van der Waals surface area (Å²) >= 11 is 0.